The van der Waals surface area contributed by atoms with E-state index in [1.165, 1.54) is 0 Å². The quantitative estimate of drug-likeness (QED) is 0.656. The average Bonchev–Trinajstić information content (AvgIpc) is 2.75. The summed E-state index contributed by atoms with van der Waals surface area (Å²) in [4.78, 5) is 16.8. The third kappa shape index (κ3) is 5.96. The number of carbonyl (C=O) groups excluding carboxylic acids is 1. The van der Waals surface area contributed by atoms with Crippen molar-refractivity contribution in [1.29, 1.82) is 0 Å². The summed E-state index contributed by atoms with van der Waals surface area (Å²) in [6.45, 7) is 4.30. The lowest BCUT2D eigenvalue weighted by Crippen LogP contribution is -2.38. The first-order valence-electron chi connectivity index (χ1n) is 10.0. The van der Waals surface area contributed by atoms with Crippen molar-refractivity contribution in [3.8, 4) is 5.75 Å². The van der Waals surface area contributed by atoms with E-state index in [2.05, 4.69) is 22.5 Å². The largest absolute Gasteiger partial charge is 0.494 e. The Kier molecular flexibility index (Phi) is 7.67. The minimum Gasteiger partial charge on any atom is -0.494 e. The molecule has 2 aromatic rings. The van der Waals surface area contributed by atoms with Crippen molar-refractivity contribution in [1.82, 2.24) is 10.3 Å². The van der Waals surface area contributed by atoms with E-state index >= 15 is 0 Å². The van der Waals surface area contributed by atoms with E-state index in [1.54, 1.807) is 6.20 Å². The highest BCUT2D eigenvalue weighted by Gasteiger charge is 2.27. The minimum atomic E-state index is -0.222. The molecule has 0 bridgehead atoms. The molecule has 0 aliphatic carbocycles. The second-order valence-corrected chi connectivity index (χ2v) is 7.04. The topological polar surface area (TPSA) is 72.5 Å². The molecule has 1 saturated heterocycles. The van der Waals surface area contributed by atoms with Gasteiger partial charge in [-0.25, -0.2) is 4.79 Å². The molecule has 1 fully saturated rings. The molecular weight excluding hydrogens is 354 g/mol. The van der Waals surface area contributed by atoms with E-state index < -0.39 is 0 Å². The van der Waals surface area contributed by atoms with Crippen LogP contribution < -0.4 is 15.4 Å². The number of anilines is 1. The van der Waals surface area contributed by atoms with Gasteiger partial charge >= 0.3 is 6.03 Å². The van der Waals surface area contributed by atoms with E-state index in [9.17, 15) is 4.79 Å². The standard InChI is InChI=1S/C22H29N3O3/c1-2-3-13-28-20-8-6-19(7-9-20)24-22(26)25-21(17-10-14-27-15-11-17)18-5-4-12-23-16-18/h4-9,12,16-17,21H,2-3,10-11,13-15H2,1H3,(H2,24,25,26). The lowest BCUT2D eigenvalue weighted by Gasteiger charge is -2.31. The van der Waals surface area contributed by atoms with E-state index in [4.69, 9.17) is 9.47 Å². The van der Waals surface area contributed by atoms with Gasteiger partial charge < -0.3 is 20.1 Å². The first-order valence-corrected chi connectivity index (χ1v) is 10.0. The molecule has 1 atom stereocenters. The maximum Gasteiger partial charge on any atom is 0.319 e. The van der Waals surface area contributed by atoms with Gasteiger partial charge in [0.1, 0.15) is 5.75 Å². The Bertz CT molecular complexity index is 716. The van der Waals surface area contributed by atoms with Crippen LogP contribution in [0.1, 0.15) is 44.2 Å². The Morgan fingerprint density at radius 2 is 2.04 bits per heavy atom. The highest BCUT2D eigenvalue weighted by Crippen LogP contribution is 2.30. The second kappa shape index (κ2) is 10.7. The summed E-state index contributed by atoms with van der Waals surface area (Å²) >= 11 is 0. The summed E-state index contributed by atoms with van der Waals surface area (Å²) in [5.41, 5.74) is 1.75. The fourth-order valence-electron chi connectivity index (χ4n) is 3.36. The van der Waals surface area contributed by atoms with E-state index in [1.807, 2.05) is 42.6 Å². The molecule has 1 aliphatic heterocycles. The number of nitrogens with zero attached hydrogens (tertiary/aromatic N) is 1. The minimum absolute atomic E-state index is 0.0887. The second-order valence-electron chi connectivity index (χ2n) is 7.04. The molecule has 0 saturated carbocycles. The smallest absolute Gasteiger partial charge is 0.319 e. The van der Waals surface area contributed by atoms with Crippen molar-refractivity contribution in [2.24, 2.45) is 5.92 Å². The molecule has 6 nitrogen and oxygen atoms in total. The van der Waals surface area contributed by atoms with Gasteiger partial charge in [0.25, 0.3) is 0 Å². The lowest BCUT2D eigenvalue weighted by atomic mass is 9.88. The number of aromatic nitrogens is 1. The van der Waals surface area contributed by atoms with Crippen LogP contribution in [-0.2, 0) is 4.74 Å². The van der Waals surface area contributed by atoms with Gasteiger partial charge in [-0.1, -0.05) is 19.4 Å². The van der Waals surface area contributed by atoms with Crippen LogP contribution in [0.25, 0.3) is 0 Å². The van der Waals surface area contributed by atoms with Crippen LogP contribution in [0.5, 0.6) is 5.75 Å². The molecule has 1 aromatic carbocycles. The van der Waals surface area contributed by atoms with Gasteiger partial charge in [0, 0.05) is 31.3 Å². The number of pyridine rings is 1. The first kappa shape index (κ1) is 20.1. The zero-order valence-electron chi connectivity index (χ0n) is 16.4. The number of unbranched alkanes of at least 4 members (excludes halogenated alkanes) is 1. The average molecular weight is 383 g/mol. The van der Waals surface area contributed by atoms with Crippen molar-refractivity contribution in [2.45, 2.75) is 38.6 Å². The van der Waals surface area contributed by atoms with Gasteiger partial charge in [-0.2, -0.15) is 0 Å². The zero-order chi connectivity index (χ0) is 19.6. The predicted octanol–water partition coefficient (Wildman–Crippen LogP) is 4.55. The van der Waals surface area contributed by atoms with Crippen LogP contribution in [0.3, 0.4) is 0 Å². The third-order valence-electron chi connectivity index (χ3n) is 4.95. The Labute approximate surface area is 166 Å². The number of rotatable bonds is 8. The highest BCUT2D eigenvalue weighted by molar-refractivity contribution is 5.89. The SMILES string of the molecule is CCCCOc1ccc(NC(=O)NC(c2cccnc2)C2CCOCC2)cc1. The van der Waals surface area contributed by atoms with Crippen LogP contribution in [0.15, 0.2) is 48.8 Å². The predicted molar refractivity (Wildman–Crippen MR) is 110 cm³/mol. The summed E-state index contributed by atoms with van der Waals surface area (Å²) in [6.07, 6.45) is 7.54. The fraction of sp³-hybridized carbons (Fsp3) is 0.455. The van der Waals surface area contributed by atoms with E-state index in [0.717, 1.165) is 55.9 Å². The van der Waals surface area contributed by atoms with Crippen molar-refractivity contribution < 1.29 is 14.3 Å². The molecule has 0 radical (unpaired) electrons. The molecule has 2 N–H and O–H groups in total. The monoisotopic (exact) mass is 383 g/mol. The van der Waals surface area contributed by atoms with Crippen molar-refractivity contribution >= 4 is 11.7 Å². The summed E-state index contributed by atoms with van der Waals surface area (Å²) in [7, 11) is 0. The van der Waals surface area contributed by atoms with Crippen LogP contribution in [0, 0.1) is 5.92 Å². The molecule has 6 heteroatoms. The van der Waals surface area contributed by atoms with Gasteiger partial charge in [-0.3, -0.25) is 4.98 Å². The molecule has 2 amide bonds. The maximum absolute atomic E-state index is 12.6. The number of ether oxygens (including phenoxy) is 2. The molecule has 1 aliphatic rings. The summed E-state index contributed by atoms with van der Waals surface area (Å²) in [5.74, 6) is 1.15. The van der Waals surface area contributed by atoms with Gasteiger partial charge in [0.05, 0.1) is 12.6 Å². The molecule has 1 aromatic heterocycles. The van der Waals surface area contributed by atoms with Crippen LogP contribution in [-0.4, -0.2) is 30.8 Å². The summed E-state index contributed by atoms with van der Waals surface area (Å²) < 4.78 is 11.1. The van der Waals surface area contributed by atoms with Crippen molar-refractivity contribution in [3.05, 3.63) is 54.4 Å². The molecule has 28 heavy (non-hydrogen) atoms. The van der Waals surface area contributed by atoms with Gasteiger partial charge in [-0.05, 0) is 61.1 Å². The Morgan fingerprint density at radius 3 is 2.71 bits per heavy atom. The van der Waals surface area contributed by atoms with Crippen molar-refractivity contribution in [2.75, 3.05) is 25.1 Å². The number of amides is 2. The number of urea groups is 1. The normalized spacial score (nSPS) is 15.6. The first-order chi connectivity index (χ1) is 13.8. The van der Waals surface area contributed by atoms with E-state index in [-0.39, 0.29) is 12.1 Å². The maximum atomic E-state index is 12.6. The Balaban J connectivity index is 1.60. The van der Waals surface area contributed by atoms with Crippen LogP contribution >= 0.6 is 0 Å². The van der Waals surface area contributed by atoms with Crippen LogP contribution in [0.2, 0.25) is 0 Å². The number of nitrogens with one attached hydrogen (secondary N) is 2. The van der Waals surface area contributed by atoms with Gasteiger partial charge in [-0.15, -0.1) is 0 Å². The van der Waals surface area contributed by atoms with Crippen LogP contribution in [0.4, 0.5) is 10.5 Å². The summed E-state index contributed by atoms with van der Waals surface area (Å²) in [6, 6.07) is 11.1. The van der Waals surface area contributed by atoms with E-state index in [0.29, 0.717) is 12.5 Å². The number of hydrogen-bond donors (Lipinski definition) is 2. The van der Waals surface area contributed by atoms with Gasteiger partial charge in [0.15, 0.2) is 0 Å². The third-order valence-corrected chi connectivity index (χ3v) is 4.95. The molecule has 150 valence electrons. The number of carbonyl (C=O) groups is 1. The Morgan fingerprint density at radius 1 is 1.25 bits per heavy atom. The molecular formula is C22H29N3O3. The number of benzene rings is 1. The Hall–Kier alpha value is -2.60. The molecule has 1 unspecified atom stereocenters. The van der Waals surface area contributed by atoms with Gasteiger partial charge in [0.2, 0.25) is 0 Å². The molecule has 0 spiro atoms. The zero-order valence-corrected chi connectivity index (χ0v) is 16.4. The molecule has 3 rings (SSSR count). The van der Waals surface area contributed by atoms with Crippen molar-refractivity contribution in [3.63, 3.8) is 0 Å². The summed E-state index contributed by atoms with van der Waals surface area (Å²) in [5, 5.41) is 6.05. The highest BCUT2D eigenvalue weighted by atomic mass is 16.5. The fourth-order valence-corrected chi connectivity index (χ4v) is 3.36. The molecule has 2 heterocycles. The number of hydrogen-bond acceptors (Lipinski definition) is 4. The lowest BCUT2D eigenvalue weighted by molar-refractivity contribution is 0.0550.